The molecule has 2 nitrogen and oxygen atoms in total. The summed E-state index contributed by atoms with van der Waals surface area (Å²) in [5.41, 5.74) is -1.17. The molecule has 1 aromatic carbocycles. The number of hydrogen-bond donors (Lipinski definition) is 1. The lowest BCUT2D eigenvalue weighted by atomic mass is 9.33. The Morgan fingerprint density at radius 3 is 2.12 bits per heavy atom. The van der Waals surface area contributed by atoms with E-state index in [9.17, 15) is 13.6 Å². The fraction of sp³-hybridized carbons (Fsp3) is 0.417. The van der Waals surface area contributed by atoms with Crippen molar-refractivity contribution < 1.29 is 18.7 Å². The zero-order valence-electron chi connectivity index (χ0n) is 8.46. The second-order valence-corrected chi connectivity index (χ2v) is 4.99. The Hall–Kier alpha value is -1.45. The van der Waals surface area contributed by atoms with Gasteiger partial charge in [0.1, 0.15) is 11.6 Å². The van der Waals surface area contributed by atoms with Gasteiger partial charge in [-0.25, -0.2) is 8.78 Å². The Morgan fingerprint density at radius 2 is 1.69 bits per heavy atom. The van der Waals surface area contributed by atoms with Crippen molar-refractivity contribution in [3.05, 3.63) is 35.4 Å². The van der Waals surface area contributed by atoms with E-state index in [2.05, 4.69) is 0 Å². The topological polar surface area (TPSA) is 37.3 Å². The van der Waals surface area contributed by atoms with Crippen molar-refractivity contribution in [1.82, 2.24) is 0 Å². The molecule has 3 fully saturated rings. The van der Waals surface area contributed by atoms with Gasteiger partial charge in [0, 0.05) is 11.0 Å². The van der Waals surface area contributed by atoms with E-state index in [4.69, 9.17) is 5.11 Å². The fourth-order valence-corrected chi connectivity index (χ4v) is 3.28. The first-order valence-corrected chi connectivity index (χ1v) is 5.17. The maximum atomic E-state index is 13.5. The summed E-state index contributed by atoms with van der Waals surface area (Å²) in [7, 11) is 0. The van der Waals surface area contributed by atoms with Crippen molar-refractivity contribution in [3.8, 4) is 0 Å². The molecule has 0 atom stereocenters. The molecule has 84 valence electrons. The molecule has 0 radical (unpaired) electrons. The smallest absolute Gasteiger partial charge is 0.309 e. The summed E-state index contributed by atoms with van der Waals surface area (Å²) >= 11 is 0. The van der Waals surface area contributed by atoms with E-state index < -0.39 is 28.4 Å². The molecule has 4 heteroatoms. The molecular formula is C12H10F2O2. The maximum absolute atomic E-state index is 13.5. The van der Waals surface area contributed by atoms with Gasteiger partial charge >= 0.3 is 5.97 Å². The maximum Gasteiger partial charge on any atom is 0.309 e. The van der Waals surface area contributed by atoms with Gasteiger partial charge in [0.25, 0.3) is 0 Å². The molecule has 2 bridgehead atoms. The highest BCUT2D eigenvalue weighted by molar-refractivity contribution is 5.81. The van der Waals surface area contributed by atoms with Crippen molar-refractivity contribution in [1.29, 1.82) is 0 Å². The standard InChI is InChI=1S/C12H10F2O2/c13-7-2-1-3-8(14)9(7)11-4-12(5-11,6-11)10(15)16/h1-3H,4-6H2,(H,15,16). The molecule has 3 aliphatic carbocycles. The quantitative estimate of drug-likeness (QED) is 0.837. The minimum Gasteiger partial charge on any atom is -0.481 e. The Bertz CT molecular complexity index is 456. The van der Waals surface area contributed by atoms with Crippen LogP contribution in [-0.4, -0.2) is 11.1 Å². The number of halogens is 2. The minimum absolute atomic E-state index is 0.0816. The molecule has 0 heterocycles. The fourth-order valence-electron chi connectivity index (χ4n) is 3.28. The lowest BCUT2D eigenvalue weighted by Crippen LogP contribution is -2.68. The molecule has 0 spiro atoms. The summed E-state index contributed by atoms with van der Waals surface area (Å²) in [6.07, 6.45) is 1.10. The van der Waals surface area contributed by atoms with Crippen LogP contribution in [0.15, 0.2) is 18.2 Å². The van der Waals surface area contributed by atoms with Gasteiger partial charge in [0.05, 0.1) is 5.41 Å². The zero-order chi connectivity index (χ0) is 11.6. The van der Waals surface area contributed by atoms with Crippen molar-refractivity contribution in [3.63, 3.8) is 0 Å². The number of rotatable bonds is 2. The molecule has 1 N–H and O–H groups in total. The van der Waals surface area contributed by atoms with Crippen molar-refractivity contribution in [2.45, 2.75) is 24.7 Å². The van der Waals surface area contributed by atoms with Crippen LogP contribution < -0.4 is 0 Å². The van der Waals surface area contributed by atoms with Crippen molar-refractivity contribution in [2.24, 2.45) is 5.41 Å². The van der Waals surface area contributed by atoms with Crippen LogP contribution in [0.2, 0.25) is 0 Å². The third-order valence-corrected chi connectivity index (χ3v) is 3.98. The van der Waals surface area contributed by atoms with Crippen LogP contribution in [0.1, 0.15) is 24.8 Å². The van der Waals surface area contributed by atoms with Gasteiger partial charge in [-0.3, -0.25) is 4.79 Å². The first-order valence-electron chi connectivity index (χ1n) is 5.17. The Kier molecular flexibility index (Phi) is 1.60. The number of carboxylic acids is 1. The second-order valence-electron chi connectivity index (χ2n) is 4.99. The van der Waals surface area contributed by atoms with Crippen molar-refractivity contribution in [2.75, 3.05) is 0 Å². The molecule has 3 saturated carbocycles. The highest BCUT2D eigenvalue weighted by atomic mass is 19.1. The number of benzene rings is 1. The predicted octanol–water partition coefficient (Wildman–Crippen LogP) is 2.47. The third kappa shape index (κ3) is 0.925. The molecule has 0 saturated heterocycles. The van der Waals surface area contributed by atoms with Crippen LogP contribution in [0.25, 0.3) is 0 Å². The summed E-state index contributed by atoms with van der Waals surface area (Å²) in [5.74, 6) is -1.96. The average molecular weight is 224 g/mol. The minimum atomic E-state index is -0.842. The SMILES string of the molecule is O=C(O)C12CC(c3c(F)cccc3F)(C1)C2. The summed E-state index contributed by atoms with van der Waals surface area (Å²) in [6.45, 7) is 0. The molecule has 0 amide bonds. The Labute approximate surface area is 90.9 Å². The van der Waals surface area contributed by atoms with E-state index in [0.717, 1.165) is 0 Å². The highest BCUT2D eigenvalue weighted by Crippen LogP contribution is 2.74. The van der Waals surface area contributed by atoms with E-state index in [1.807, 2.05) is 0 Å². The normalized spacial score (nSPS) is 35.1. The van der Waals surface area contributed by atoms with E-state index in [0.29, 0.717) is 19.3 Å². The van der Waals surface area contributed by atoms with Gasteiger partial charge in [-0.05, 0) is 31.4 Å². The molecule has 16 heavy (non-hydrogen) atoms. The van der Waals surface area contributed by atoms with Crippen LogP contribution >= 0.6 is 0 Å². The second kappa shape index (κ2) is 2.62. The molecule has 1 aromatic rings. The van der Waals surface area contributed by atoms with E-state index >= 15 is 0 Å². The number of carbonyl (C=O) groups is 1. The molecular weight excluding hydrogens is 214 g/mol. The lowest BCUT2D eigenvalue weighted by molar-refractivity contribution is -0.195. The summed E-state index contributed by atoms with van der Waals surface area (Å²) in [6, 6.07) is 3.78. The molecule has 0 aliphatic heterocycles. The monoisotopic (exact) mass is 224 g/mol. The van der Waals surface area contributed by atoms with Crippen LogP contribution in [-0.2, 0) is 10.2 Å². The summed E-state index contributed by atoms with van der Waals surface area (Å²) < 4.78 is 27.1. The Morgan fingerprint density at radius 1 is 1.19 bits per heavy atom. The zero-order valence-corrected chi connectivity index (χ0v) is 8.46. The van der Waals surface area contributed by atoms with Gasteiger partial charge in [0.2, 0.25) is 0 Å². The van der Waals surface area contributed by atoms with Crippen molar-refractivity contribution >= 4 is 5.97 Å². The summed E-state index contributed by atoms with van der Waals surface area (Å²) in [5, 5.41) is 8.94. The van der Waals surface area contributed by atoms with Gasteiger partial charge in [0.15, 0.2) is 0 Å². The largest absolute Gasteiger partial charge is 0.481 e. The van der Waals surface area contributed by atoms with Gasteiger partial charge in [-0.15, -0.1) is 0 Å². The number of aliphatic carboxylic acids is 1. The summed E-state index contributed by atoms with van der Waals surface area (Å²) in [4.78, 5) is 10.9. The van der Waals surface area contributed by atoms with Gasteiger partial charge in [-0.1, -0.05) is 6.07 Å². The molecule has 3 aliphatic rings. The van der Waals surface area contributed by atoms with E-state index in [1.165, 1.54) is 18.2 Å². The third-order valence-electron chi connectivity index (χ3n) is 3.98. The van der Waals surface area contributed by atoms with E-state index in [-0.39, 0.29) is 5.56 Å². The van der Waals surface area contributed by atoms with Crippen LogP contribution in [0.3, 0.4) is 0 Å². The number of carboxylic acid groups (broad SMARTS) is 1. The van der Waals surface area contributed by atoms with Crippen LogP contribution in [0.5, 0.6) is 0 Å². The molecule has 0 unspecified atom stereocenters. The molecule has 0 aromatic heterocycles. The average Bonchev–Trinajstić information content (AvgIpc) is 2.04. The van der Waals surface area contributed by atoms with E-state index in [1.54, 1.807) is 0 Å². The molecule has 4 rings (SSSR count). The first-order chi connectivity index (χ1) is 7.49. The van der Waals surface area contributed by atoms with Crippen LogP contribution in [0.4, 0.5) is 8.78 Å². The van der Waals surface area contributed by atoms with Gasteiger partial charge in [-0.2, -0.15) is 0 Å². The number of hydrogen-bond acceptors (Lipinski definition) is 1. The van der Waals surface area contributed by atoms with Crippen LogP contribution in [0, 0.1) is 17.0 Å². The predicted molar refractivity (Wildman–Crippen MR) is 52.0 cm³/mol. The lowest BCUT2D eigenvalue weighted by Gasteiger charge is -2.68. The highest BCUT2D eigenvalue weighted by Gasteiger charge is 2.73. The van der Waals surface area contributed by atoms with Gasteiger partial charge < -0.3 is 5.11 Å². The Balaban J connectivity index is 1.96. The first kappa shape index (κ1) is 9.75.